The van der Waals surface area contributed by atoms with Gasteiger partial charge in [-0.15, -0.1) is 0 Å². The van der Waals surface area contributed by atoms with E-state index in [2.05, 4.69) is 21.2 Å². The zero-order valence-electron chi connectivity index (χ0n) is 22.1. The Morgan fingerprint density at radius 1 is 0.921 bits per heavy atom. The van der Waals surface area contributed by atoms with Gasteiger partial charge in [0.15, 0.2) is 0 Å². The fourth-order valence-electron chi connectivity index (χ4n) is 3.79. The number of hydrogen-bond acceptors (Lipinski definition) is 4. The standard InChI is InChI=1S/C29H34BrN3O4S/c1-5-22(3)31-29(35)23(4)32(19-24-13-15-25(30)16-14-24)28(34)20-33(26-17-11-21(2)12-18-26)38(36,37)27-9-7-6-8-10-27/h6-18,22-23H,5,19-20H2,1-4H3,(H,31,35)/t22-,23-/m1/s1. The van der Waals surface area contributed by atoms with E-state index in [1.807, 2.05) is 45.0 Å². The Hall–Kier alpha value is -3.17. The van der Waals surface area contributed by atoms with Gasteiger partial charge in [-0.3, -0.25) is 13.9 Å². The second kappa shape index (κ2) is 13.1. The maximum Gasteiger partial charge on any atom is 0.264 e. The molecule has 9 heteroatoms. The van der Waals surface area contributed by atoms with Crippen LogP contribution in [0.5, 0.6) is 0 Å². The Bertz CT molecular complexity index is 1330. The van der Waals surface area contributed by atoms with Gasteiger partial charge in [-0.05, 0) is 69.2 Å². The molecule has 7 nitrogen and oxygen atoms in total. The lowest BCUT2D eigenvalue weighted by Crippen LogP contribution is -2.52. The molecule has 0 saturated carbocycles. The molecule has 2 amide bonds. The highest BCUT2D eigenvalue weighted by Crippen LogP contribution is 2.25. The van der Waals surface area contributed by atoms with Crippen molar-refractivity contribution >= 4 is 43.5 Å². The third kappa shape index (κ3) is 7.45. The minimum atomic E-state index is -4.06. The molecule has 0 spiro atoms. The number of carbonyl (C=O) groups is 2. The first-order chi connectivity index (χ1) is 18.0. The van der Waals surface area contributed by atoms with Gasteiger partial charge in [-0.25, -0.2) is 8.42 Å². The van der Waals surface area contributed by atoms with Crippen molar-refractivity contribution in [2.45, 2.75) is 57.6 Å². The number of nitrogens with one attached hydrogen (secondary N) is 1. The number of anilines is 1. The molecule has 1 N–H and O–H groups in total. The minimum Gasteiger partial charge on any atom is -0.352 e. The Morgan fingerprint density at radius 3 is 2.11 bits per heavy atom. The van der Waals surface area contributed by atoms with Gasteiger partial charge < -0.3 is 10.2 Å². The van der Waals surface area contributed by atoms with Crippen LogP contribution in [-0.4, -0.2) is 43.8 Å². The lowest BCUT2D eigenvalue weighted by atomic mass is 10.1. The number of amides is 2. The fraction of sp³-hybridized carbons (Fsp3) is 0.310. The second-order valence-corrected chi connectivity index (χ2v) is 12.1. The van der Waals surface area contributed by atoms with Gasteiger partial charge >= 0.3 is 0 Å². The summed E-state index contributed by atoms with van der Waals surface area (Å²) in [6, 6.07) is 21.6. The Balaban J connectivity index is 2.00. The number of sulfonamides is 1. The van der Waals surface area contributed by atoms with Crippen molar-refractivity contribution < 1.29 is 18.0 Å². The molecule has 0 fully saturated rings. The van der Waals surface area contributed by atoms with E-state index < -0.39 is 28.5 Å². The predicted molar refractivity (Wildman–Crippen MR) is 154 cm³/mol. The number of carbonyl (C=O) groups excluding carboxylic acids is 2. The van der Waals surface area contributed by atoms with Gasteiger partial charge in [0.2, 0.25) is 11.8 Å². The number of hydrogen-bond donors (Lipinski definition) is 1. The summed E-state index contributed by atoms with van der Waals surface area (Å²) in [4.78, 5) is 28.5. The van der Waals surface area contributed by atoms with Crippen LogP contribution in [0.1, 0.15) is 38.3 Å². The van der Waals surface area contributed by atoms with Crippen LogP contribution in [0.4, 0.5) is 5.69 Å². The summed E-state index contributed by atoms with van der Waals surface area (Å²) in [6.07, 6.45) is 0.746. The zero-order valence-corrected chi connectivity index (χ0v) is 24.5. The highest BCUT2D eigenvalue weighted by atomic mass is 79.9. The van der Waals surface area contributed by atoms with Crippen molar-refractivity contribution in [3.8, 4) is 0 Å². The monoisotopic (exact) mass is 599 g/mol. The Kier molecular flexibility index (Phi) is 10.1. The van der Waals surface area contributed by atoms with Crippen LogP contribution >= 0.6 is 15.9 Å². The van der Waals surface area contributed by atoms with Crippen molar-refractivity contribution in [2.75, 3.05) is 10.8 Å². The van der Waals surface area contributed by atoms with Gasteiger partial charge in [-0.2, -0.15) is 0 Å². The van der Waals surface area contributed by atoms with Gasteiger partial charge in [-0.1, -0.05) is 70.9 Å². The van der Waals surface area contributed by atoms with Crippen LogP contribution in [-0.2, 0) is 26.2 Å². The summed E-state index contributed by atoms with van der Waals surface area (Å²) in [5.41, 5.74) is 2.15. The van der Waals surface area contributed by atoms with Crippen molar-refractivity contribution in [3.05, 3.63) is 94.5 Å². The molecule has 3 aromatic rings. The number of rotatable bonds is 11. The summed E-state index contributed by atoms with van der Waals surface area (Å²) >= 11 is 3.42. The van der Waals surface area contributed by atoms with Crippen LogP contribution in [0.25, 0.3) is 0 Å². The molecule has 3 rings (SSSR count). The Labute approximate surface area is 234 Å². The summed E-state index contributed by atoms with van der Waals surface area (Å²) in [6.45, 7) is 7.12. The predicted octanol–water partition coefficient (Wildman–Crippen LogP) is 5.28. The first-order valence-electron chi connectivity index (χ1n) is 12.5. The molecule has 0 aliphatic carbocycles. The van der Waals surface area contributed by atoms with E-state index in [0.717, 1.165) is 26.3 Å². The summed E-state index contributed by atoms with van der Waals surface area (Å²) in [5.74, 6) is -0.780. The van der Waals surface area contributed by atoms with Crippen molar-refractivity contribution in [1.82, 2.24) is 10.2 Å². The van der Waals surface area contributed by atoms with Crippen molar-refractivity contribution in [3.63, 3.8) is 0 Å². The van der Waals surface area contributed by atoms with Crippen LogP contribution in [0, 0.1) is 6.92 Å². The molecule has 3 aromatic carbocycles. The largest absolute Gasteiger partial charge is 0.352 e. The third-order valence-electron chi connectivity index (χ3n) is 6.37. The lowest BCUT2D eigenvalue weighted by Gasteiger charge is -2.32. The van der Waals surface area contributed by atoms with E-state index in [-0.39, 0.29) is 23.4 Å². The number of nitrogens with zero attached hydrogens (tertiary/aromatic N) is 2. The van der Waals surface area contributed by atoms with E-state index in [1.165, 1.54) is 17.0 Å². The average Bonchev–Trinajstić information content (AvgIpc) is 2.91. The number of halogens is 1. The van der Waals surface area contributed by atoms with Crippen molar-refractivity contribution in [2.24, 2.45) is 0 Å². The first kappa shape index (κ1) is 29.4. The van der Waals surface area contributed by atoms with E-state index in [4.69, 9.17) is 0 Å². The normalized spacial score (nSPS) is 12.9. The molecule has 0 radical (unpaired) electrons. The lowest BCUT2D eigenvalue weighted by molar-refractivity contribution is -0.139. The smallest absolute Gasteiger partial charge is 0.264 e. The highest BCUT2D eigenvalue weighted by molar-refractivity contribution is 9.10. The molecule has 0 heterocycles. The molecule has 2 atom stereocenters. The SMILES string of the molecule is CC[C@@H](C)NC(=O)[C@@H](C)N(Cc1ccc(Br)cc1)C(=O)CN(c1ccc(C)cc1)S(=O)(=O)c1ccccc1. The van der Waals surface area contributed by atoms with E-state index in [1.54, 1.807) is 49.4 Å². The summed E-state index contributed by atoms with van der Waals surface area (Å²) < 4.78 is 29.5. The van der Waals surface area contributed by atoms with Gasteiger partial charge in [0.25, 0.3) is 10.0 Å². The molecule has 0 unspecified atom stereocenters. The average molecular weight is 601 g/mol. The van der Waals surface area contributed by atoms with Crippen LogP contribution < -0.4 is 9.62 Å². The maximum absolute atomic E-state index is 13.9. The second-order valence-electron chi connectivity index (χ2n) is 9.30. The molecule has 0 bridgehead atoms. The van der Waals surface area contributed by atoms with Gasteiger partial charge in [0.1, 0.15) is 12.6 Å². The third-order valence-corrected chi connectivity index (χ3v) is 8.68. The van der Waals surface area contributed by atoms with Gasteiger partial charge in [0, 0.05) is 17.1 Å². The van der Waals surface area contributed by atoms with Crippen LogP contribution in [0.2, 0.25) is 0 Å². The Morgan fingerprint density at radius 2 is 1.53 bits per heavy atom. The number of aryl methyl sites for hydroxylation is 1. The maximum atomic E-state index is 13.9. The van der Waals surface area contributed by atoms with E-state index in [9.17, 15) is 18.0 Å². The van der Waals surface area contributed by atoms with E-state index in [0.29, 0.717) is 5.69 Å². The topological polar surface area (TPSA) is 86.8 Å². The molecule has 0 aliphatic rings. The van der Waals surface area contributed by atoms with Crippen molar-refractivity contribution in [1.29, 1.82) is 0 Å². The molecular formula is C29H34BrN3O4S. The highest BCUT2D eigenvalue weighted by Gasteiger charge is 2.32. The summed E-state index contributed by atoms with van der Waals surface area (Å²) in [5, 5.41) is 2.93. The minimum absolute atomic E-state index is 0.0582. The fourth-order valence-corrected chi connectivity index (χ4v) is 5.49. The molecule has 0 aromatic heterocycles. The van der Waals surface area contributed by atoms with Crippen LogP contribution in [0.3, 0.4) is 0 Å². The zero-order chi connectivity index (χ0) is 27.9. The molecule has 0 saturated heterocycles. The molecule has 0 aliphatic heterocycles. The van der Waals surface area contributed by atoms with E-state index >= 15 is 0 Å². The molecular weight excluding hydrogens is 566 g/mol. The summed E-state index contributed by atoms with van der Waals surface area (Å²) in [7, 11) is -4.06. The molecule has 38 heavy (non-hydrogen) atoms. The van der Waals surface area contributed by atoms with Gasteiger partial charge in [0.05, 0.1) is 10.6 Å². The first-order valence-corrected chi connectivity index (χ1v) is 14.7. The quantitative estimate of drug-likeness (QED) is 0.324. The van der Waals surface area contributed by atoms with Crippen LogP contribution in [0.15, 0.2) is 88.2 Å². The molecule has 202 valence electrons. The number of benzene rings is 3.